The van der Waals surface area contributed by atoms with Crippen LogP contribution in [0.5, 0.6) is 5.75 Å². The molecule has 0 atom stereocenters. The zero-order valence-electron chi connectivity index (χ0n) is 12.5. The highest BCUT2D eigenvalue weighted by Gasteiger charge is 2.11. The summed E-state index contributed by atoms with van der Waals surface area (Å²) >= 11 is 0. The number of hydrogen-bond donors (Lipinski definition) is 2. The fraction of sp³-hybridized carbons (Fsp3) is 0.333. The van der Waals surface area contributed by atoms with Crippen molar-refractivity contribution in [2.24, 2.45) is 0 Å². The largest absolute Gasteiger partial charge is 0.494 e. The van der Waals surface area contributed by atoms with E-state index in [1.165, 1.54) is 0 Å². The second-order valence-corrected chi connectivity index (χ2v) is 4.76. The standard InChI is InChI=1S/C15H20N4O2/c1-4-21-13-7-5-6-12(8-13)18-15(20)19(3)10-14-16-9-11(2)17-14/h5-9H,4,10H2,1-3H3,(H,16,17)(H,18,20). The number of rotatable bonds is 5. The molecule has 1 heterocycles. The van der Waals surface area contributed by atoms with Gasteiger partial charge in [0.1, 0.15) is 11.6 Å². The molecule has 2 N–H and O–H groups in total. The van der Waals surface area contributed by atoms with Gasteiger partial charge in [0.2, 0.25) is 0 Å². The van der Waals surface area contributed by atoms with Crippen LogP contribution >= 0.6 is 0 Å². The number of urea groups is 1. The van der Waals surface area contributed by atoms with Crippen molar-refractivity contribution in [2.75, 3.05) is 19.0 Å². The molecule has 0 bridgehead atoms. The van der Waals surface area contributed by atoms with E-state index in [0.717, 1.165) is 17.3 Å². The number of aryl methyl sites for hydroxylation is 1. The van der Waals surface area contributed by atoms with Gasteiger partial charge in [-0.1, -0.05) is 6.07 Å². The van der Waals surface area contributed by atoms with Crippen molar-refractivity contribution in [1.29, 1.82) is 0 Å². The van der Waals surface area contributed by atoms with Crippen LogP contribution in [0.4, 0.5) is 10.5 Å². The first-order valence-corrected chi connectivity index (χ1v) is 6.84. The van der Waals surface area contributed by atoms with Gasteiger partial charge in [0.05, 0.1) is 13.2 Å². The predicted molar refractivity (Wildman–Crippen MR) is 81.4 cm³/mol. The van der Waals surface area contributed by atoms with E-state index in [1.54, 1.807) is 24.2 Å². The van der Waals surface area contributed by atoms with Gasteiger partial charge in [0.15, 0.2) is 0 Å². The van der Waals surface area contributed by atoms with Gasteiger partial charge in [-0.15, -0.1) is 0 Å². The van der Waals surface area contributed by atoms with Crippen LogP contribution in [0.3, 0.4) is 0 Å². The number of nitrogens with zero attached hydrogens (tertiary/aromatic N) is 2. The van der Waals surface area contributed by atoms with Crippen LogP contribution in [0.15, 0.2) is 30.5 Å². The van der Waals surface area contributed by atoms with Crippen LogP contribution in [0.2, 0.25) is 0 Å². The fourth-order valence-electron chi connectivity index (χ4n) is 1.89. The van der Waals surface area contributed by atoms with Crippen molar-refractivity contribution < 1.29 is 9.53 Å². The SMILES string of the molecule is CCOc1cccc(NC(=O)N(C)Cc2ncc(C)[nH]2)c1. The average Bonchev–Trinajstić information content (AvgIpc) is 2.85. The molecule has 0 fully saturated rings. The molecule has 2 rings (SSSR count). The van der Waals surface area contributed by atoms with E-state index >= 15 is 0 Å². The van der Waals surface area contributed by atoms with Crippen molar-refractivity contribution >= 4 is 11.7 Å². The minimum atomic E-state index is -0.197. The highest BCUT2D eigenvalue weighted by atomic mass is 16.5. The lowest BCUT2D eigenvalue weighted by atomic mass is 10.3. The zero-order chi connectivity index (χ0) is 15.2. The van der Waals surface area contributed by atoms with E-state index in [4.69, 9.17) is 4.74 Å². The summed E-state index contributed by atoms with van der Waals surface area (Å²) in [5.74, 6) is 1.49. The normalized spacial score (nSPS) is 10.2. The van der Waals surface area contributed by atoms with Crippen molar-refractivity contribution in [3.63, 3.8) is 0 Å². The van der Waals surface area contributed by atoms with Gasteiger partial charge in [-0.25, -0.2) is 9.78 Å². The lowest BCUT2D eigenvalue weighted by Crippen LogP contribution is -2.31. The van der Waals surface area contributed by atoms with Crippen molar-refractivity contribution in [1.82, 2.24) is 14.9 Å². The second kappa shape index (κ2) is 6.78. The molecule has 0 spiro atoms. The minimum absolute atomic E-state index is 0.197. The first kappa shape index (κ1) is 14.9. The zero-order valence-corrected chi connectivity index (χ0v) is 12.5. The van der Waals surface area contributed by atoms with Crippen LogP contribution in [0.25, 0.3) is 0 Å². The molecule has 0 radical (unpaired) electrons. The number of carbonyl (C=O) groups excluding carboxylic acids is 1. The Balaban J connectivity index is 1.95. The van der Waals surface area contributed by atoms with E-state index in [-0.39, 0.29) is 6.03 Å². The van der Waals surface area contributed by atoms with Crippen molar-refractivity contribution in [3.8, 4) is 5.75 Å². The number of aromatic nitrogens is 2. The first-order chi connectivity index (χ1) is 10.1. The lowest BCUT2D eigenvalue weighted by molar-refractivity contribution is 0.219. The molecule has 6 nitrogen and oxygen atoms in total. The van der Waals surface area contributed by atoms with Gasteiger partial charge in [-0.3, -0.25) is 0 Å². The summed E-state index contributed by atoms with van der Waals surface area (Å²) < 4.78 is 5.41. The molecule has 21 heavy (non-hydrogen) atoms. The van der Waals surface area contributed by atoms with Gasteiger partial charge in [0, 0.05) is 30.7 Å². The summed E-state index contributed by atoms with van der Waals surface area (Å²) in [6, 6.07) is 7.13. The van der Waals surface area contributed by atoms with Crippen LogP contribution < -0.4 is 10.1 Å². The quantitative estimate of drug-likeness (QED) is 0.888. The monoisotopic (exact) mass is 288 g/mol. The maximum Gasteiger partial charge on any atom is 0.321 e. The molecule has 0 aliphatic carbocycles. The van der Waals surface area contributed by atoms with Gasteiger partial charge >= 0.3 is 6.03 Å². The molecular weight excluding hydrogens is 268 g/mol. The third-order valence-electron chi connectivity index (χ3n) is 2.89. The minimum Gasteiger partial charge on any atom is -0.494 e. The summed E-state index contributed by atoms with van der Waals surface area (Å²) in [6.45, 7) is 4.86. The van der Waals surface area contributed by atoms with Crippen LogP contribution in [-0.4, -0.2) is 34.6 Å². The van der Waals surface area contributed by atoms with Gasteiger partial charge in [-0.05, 0) is 26.0 Å². The Morgan fingerprint density at radius 3 is 2.95 bits per heavy atom. The number of benzene rings is 1. The molecule has 0 aliphatic heterocycles. The molecule has 1 aromatic carbocycles. The van der Waals surface area contributed by atoms with E-state index in [0.29, 0.717) is 18.8 Å². The summed E-state index contributed by atoms with van der Waals surface area (Å²) in [6.07, 6.45) is 1.74. The lowest BCUT2D eigenvalue weighted by Gasteiger charge is -2.17. The molecule has 112 valence electrons. The van der Waals surface area contributed by atoms with E-state index in [1.807, 2.05) is 32.0 Å². The maximum atomic E-state index is 12.1. The third kappa shape index (κ3) is 4.24. The van der Waals surface area contributed by atoms with Crippen LogP contribution in [0.1, 0.15) is 18.4 Å². The Bertz CT molecular complexity index is 609. The van der Waals surface area contributed by atoms with E-state index in [9.17, 15) is 4.79 Å². The summed E-state index contributed by atoms with van der Waals surface area (Å²) in [5, 5.41) is 2.83. The smallest absolute Gasteiger partial charge is 0.321 e. The summed E-state index contributed by atoms with van der Waals surface area (Å²) in [5.41, 5.74) is 1.68. The number of anilines is 1. The number of aromatic amines is 1. The van der Waals surface area contributed by atoms with Crippen LogP contribution in [0, 0.1) is 6.92 Å². The fourth-order valence-corrected chi connectivity index (χ4v) is 1.89. The Morgan fingerprint density at radius 1 is 1.48 bits per heavy atom. The number of ether oxygens (including phenoxy) is 1. The Labute approximate surface area is 124 Å². The third-order valence-corrected chi connectivity index (χ3v) is 2.89. The van der Waals surface area contributed by atoms with E-state index < -0.39 is 0 Å². The topological polar surface area (TPSA) is 70.2 Å². The second-order valence-electron chi connectivity index (χ2n) is 4.76. The first-order valence-electron chi connectivity index (χ1n) is 6.84. The van der Waals surface area contributed by atoms with Crippen molar-refractivity contribution in [3.05, 3.63) is 42.0 Å². The molecule has 6 heteroatoms. The number of H-pyrrole nitrogens is 1. The van der Waals surface area contributed by atoms with Gasteiger partial charge in [-0.2, -0.15) is 0 Å². The van der Waals surface area contributed by atoms with Crippen LogP contribution in [-0.2, 0) is 6.54 Å². The number of hydrogen-bond acceptors (Lipinski definition) is 3. The average molecular weight is 288 g/mol. The number of amides is 2. The summed E-state index contributed by atoms with van der Waals surface area (Å²) in [7, 11) is 1.72. The molecular formula is C15H20N4O2. The molecule has 1 aromatic heterocycles. The summed E-state index contributed by atoms with van der Waals surface area (Å²) in [4.78, 5) is 21.0. The number of carbonyl (C=O) groups is 1. The van der Waals surface area contributed by atoms with Gasteiger partial charge < -0.3 is 19.9 Å². The van der Waals surface area contributed by atoms with Gasteiger partial charge in [0.25, 0.3) is 0 Å². The molecule has 0 saturated heterocycles. The molecule has 2 aromatic rings. The molecule has 0 saturated carbocycles. The number of imidazole rings is 1. The maximum absolute atomic E-state index is 12.1. The van der Waals surface area contributed by atoms with E-state index in [2.05, 4.69) is 15.3 Å². The number of nitrogens with one attached hydrogen (secondary N) is 2. The predicted octanol–water partition coefficient (Wildman–Crippen LogP) is 2.78. The Morgan fingerprint density at radius 2 is 2.29 bits per heavy atom. The molecule has 0 aliphatic rings. The molecule has 2 amide bonds. The highest BCUT2D eigenvalue weighted by molar-refractivity contribution is 5.89. The highest BCUT2D eigenvalue weighted by Crippen LogP contribution is 2.17. The Hall–Kier alpha value is -2.50. The molecule has 0 unspecified atom stereocenters. The Kier molecular flexibility index (Phi) is 4.81. The van der Waals surface area contributed by atoms with Crippen molar-refractivity contribution in [2.45, 2.75) is 20.4 Å².